The number of carbonyl (C=O) groups is 4. The molecule has 1 N–H and O–H groups in total. The minimum atomic E-state index is -0.774. The lowest BCUT2D eigenvalue weighted by molar-refractivity contribution is -0.121. The number of anilines is 3. The number of carbonyl (C=O) groups excluding carboxylic acids is 4. The highest BCUT2D eigenvalue weighted by molar-refractivity contribution is 14.1. The third-order valence-electron chi connectivity index (χ3n) is 7.07. The number of para-hydroxylation sites is 2. The highest BCUT2D eigenvalue weighted by Gasteiger charge is 2.43. The van der Waals surface area contributed by atoms with E-state index in [2.05, 4.69) is 5.32 Å². The first-order chi connectivity index (χ1) is 21.2. The predicted molar refractivity (Wildman–Crippen MR) is 177 cm³/mol. The van der Waals surface area contributed by atoms with Crippen LogP contribution in [0.4, 0.5) is 21.9 Å². The van der Waals surface area contributed by atoms with Gasteiger partial charge in [-0.25, -0.2) is 14.6 Å². The van der Waals surface area contributed by atoms with Gasteiger partial charge < -0.3 is 14.8 Å². The summed E-state index contributed by atoms with van der Waals surface area (Å²) >= 11 is 2.04. The molecule has 1 fully saturated rings. The Hall–Kier alpha value is -4.97. The molecular formula is C34H28IN3O6. The minimum Gasteiger partial charge on any atom is -0.493 e. The first-order valence-electron chi connectivity index (χ1n) is 13.6. The maximum Gasteiger partial charge on any atom is 0.343 e. The molecule has 4 aromatic carbocycles. The summed E-state index contributed by atoms with van der Waals surface area (Å²) in [5.74, 6) is -1.21. The number of amides is 5. The van der Waals surface area contributed by atoms with Crippen LogP contribution in [0.1, 0.15) is 16.7 Å². The van der Waals surface area contributed by atoms with Gasteiger partial charge in [0, 0.05) is 5.69 Å². The quantitative estimate of drug-likeness (QED) is 0.128. The van der Waals surface area contributed by atoms with E-state index in [1.807, 2.05) is 54.6 Å². The molecule has 1 aliphatic heterocycles. The van der Waals surface area contributed by atoms with Crippen LogP contribution in [0, 0.1) is 17.4 Å². The number of hydrogen-bond acceptors (Lipinski definition) is 6. The number of nitrogens with one attached hydrogen (secondary N) is 1. The van der Waals surface area contributed by atoms with Crippen molar-refractivity contribution in [3.05, 3.63) is 117 Å². The van der Waals surface area contributed by atoms with Crippen LogP contribution in [0.15, 0.2) is 96.6 Å². The van der Waals surface area contributed by atoms with Crippen molar-refractivity contribution in [1.29, 1.82) is 0 Å². The molecular weight excluding hydrogens is 673 g/mol. The number of nitrogens with zero attached hydrogens (tertiary/aromatic N) is 2. The van der Waals surface area contributed by atoms with E-state index in [9.17, 15) is 19.2 Å². The summed E-state index contributed by atoms with van der Waals surface area (Å²) in [6.07, 6.45) is 1.42. The number of imide groups is 2. The number of aryl methyl sites for hydroxylation is 1. The number of halogens is 1. The minimum absolute atomic E-state index is 0.211. The third kappa shape index (κ3) is 6.20. The summed E-state index contributed by atoms with van der Waals surface area (Å²) in [5, 5.41) is 2.86. The van der Waals surface area contributed by atoms with Crippen LogP contribution in [0.2, 0.25) is 0 Å². The number of barbiturate groups is 1. The van der Waals surface area contributed by atoms with Gasteiger partial charge in [-0.05, 0) is 102 Å². The van der Waals surface area contributed by atoms with Crippen molar-refractivity contribution in [3.8, 4) is 11.5 Å². The second-order valence-corrected chi connectivity index (χ2v) is 11.1. The van der Waals surface area contributed by atoms with Crippen molar-refractivity contribution in [2.45, 2.75) is 13.8 Å². The molecule has 0 atom stereocenters. The summed E-state index contributed by atoms with van der Waals surface area (Å²) in [4.78, 5) is 55.6. The zero-order valence-corrected chi connectivity index (χ0v) is 26.3. The van der Waals surface area contributed by atoms with Gasteiger partial charge >= 0.3 is 6.03 Å². The van der Waals surface area contributed by atoms with Crippen LogP contribution < -0.4 is 24.6 Å². The van der Waals surface area contributed by atoms with E-state index in [0.29, 0.717) is 37.7 Å². The number of urea groups is 1. The Bertz CT molecular complexity index is 1730. The van der Waals surface area contributed by atoms with Crippen molar-refractivity contribution in [1.82, 2.24) is 0 Å². The van der Waals surface area contributed by atoms with Gasteiger partial charge in [-0.1, -0.05) is 48.5 Å². The van der Waals surface area contributed by atoms with Gasteiger partial charge in [0.25, 0.3) is 17.7 Å². The molecule has 5 rings (SSSR count). The zero-order chi connectivity index (χ0) is 31.4. The maximum absolute atomic E-state index is 13.7. The standard InChI is InChI=1S/C34H28IN3O6/c1-21-11-10-16-28(22(21)2)36-30(39)20-44-31-27(35)18-23(19-29(31)43-3)17-26-32(40)37(24-12-6-4-7-13-24)34(42)38(33(26)41)25-14-8-5-9-15-25/h4-19H,20H2,1-3H3,(H,36,39). The van der Waals surface area contributed by atoms with Crippen LogP contribution in [-0.2, 0) is 14.4 Å². The fraction of sp³-hybridized carbons (Fsp3) is 0.118. The molecule has 0 aromatic heterocycles. The molecule has 0 aliphatic carbocycles. The fourth-order valence-electron chi connectivity index (χ4n) is 4.68. The highest BCUT2D eigenvalue weighted by atomic mass is 127. The molecule has 44 heavy (non-hydrogen) atoms. The van der Waals surface area contributed by atoms with Crippen molar-refractivity contribution in [3.63, 3.8) is 0 Å². The lowest BCUT2D eigenvalue weighted by Gasteiger charge is -2.34. The van der Waals surface area contributed by atoms with Crippen molar-refractivity contribution >= 4 is 69.5 Å². The van der Waals surface area contributed by atoms with Gasteiger partial charge in [-0.15, -0.1) is 0 Å². The number of methoxy groups -OCH3 is 1. The number of hydrogen-bond donors (Lipinski definition) is 1. The summed E-state index contributed by atoms with van der Waals surface area (Å²) in [5.41, 5.74) is 3.64. The lowest BCUT2D eigenvalue weighted by Crippen LogP contribution is -2.57. The molecule has 0 bridgehead atoms. The van der Waals surface area contributed by atoms with E-state index in [4.69, 9.17) is 9.47 Å². The maximum atomic E-state index is 13.7. The number of ether oxygens (including phenoxy) is 2. The Morgan fingerprint density at radius 2 is 1.43 bits per heavy atom. The highest BCUT2D eigenvalue weighted by Crippen LogP contribution is 2.36. The monoisotopic (exact) mass is 701 g/mol. The Balaban J connectivity index is 1.46. The van der Waals surface area contributed by atoms with Crippen LogP contribution >= 0.6 is 22.6 Å². The van der Waals surface area contributed by atoms with Crippen molar-refractivity contribution in [2.75, 3.05) is 28.8 Å². The van der Waals surface area contributed by atoms with Crippen LogP contribution in [0.3, 0.4) is 0 Å². The number of rotatable bonds is 8. The Morgan fingerprint density at radius 1 is 0.841 bits per heavy atom. The summed E-state index contributed by atoms with van der Waals surface area (Å²) in [7, 11) is 1.45. The van der Waals surface area contributed by atoms with Gasteiger partial charge in [0.2, 0.25) is 0 Å². The molecule has 1 heterocycles. The molecule has 222 valence electrons. The van der Waals surface area contributed by atoms with Gasteiger partial charge in [-0.3, -0.25) is 14.4 Å². The van der Waals surface area contributed by atoms with E-state index < -0.39 is 17.8 Å². The van der Waals surface area contributed by atoms with E-state index in [1.165, 1.54) is 13.2 Å². The summed E-state index contributed by atoms with van der Waals surface area (Å²) < 4.78 is 12.0. The summed E-state index contributed by atoms with van der Waals surface area (Å²) in [6, 6.07) is 25.1. The van der Waals surface area contributed by atoms with E-state index in [1.54, 1.807) is 72.8 Å². The molecule has 0 unspecified atom stereocenters. The predicted octanol–water partition coefficient (Wildman–Crippen LogP) is 6.52. The molecule has 4 aromatic rings. The SMILES string of the molecule is COc1cc(C=C2C(=O)N(c3ccccc3)C(=O)N(c3ccccc3)C2=O)cc(I)c1OCC(=O)Nc1cccc(C)c1C. The second-order valence-electron chi connectivity index (χ2n) is 9.91. The van der Waals surface area contributed by atoms with Gasteiger partial charge in [0.15, 0.2) is 18.1 Å². The van der Waals surface area contributed by atoms with Crippen LogP contribution in [0.5, 0.6) is 11.5 Å². The largest absolute Gasteiger partial charge is 0.493 e. The molecule has 5 amide bonds. The normalized spacial score (nSPS) is 13.2. The Morgan fingerprint density at radius 3 is 2.00 bits per heavy atom. The van der Waals surface area contributed by atoms with Crippen molar-refractivity contribution < 1.29 is 28.7 Å². The lowest BCUT2D eigenvalue weighted by atomic mass is 10.0. The molecule has 1 saturated heterocycles. The molecule has 0 spiro atoms. The molecule has 10 heteroatoms. The molecule has 9 nitrogen and oxygen atoms in total. The first kappa shape index (κ1) is 30.5. The second kappa shape index (κ2) is 13.1. The smallest absolute Gasteiger partial charge is 0.343 e. The Kier molecular flexibility index (Phi) is 9.09. The molecule has 1 aliphatic rings. The van der Waals surface area contributed by atoms with Gasteiger partial charge in [-0.2, -0.15) is 0 Å². The molecule has 0 radical (unpaired) electrons. The molecule has 0 saturated carbocycles. The third-order valence-corrected chi connectivity index (χ3v) is 7.87. The zero-order valence-electron chi connectivity index (χ0n) is 24.2. The average Bonchev–Trinajstić information content (AvgIpc) is 3.02. The number of benzene rings is 4. The fourth-order valence-corrected chi connectivity index (χ4v) is 5.46. The summed E-state index contributed by atoms with van der Waals surface area (Å²) in [6.45, 7) is 3.63. The average molecular weight is 702 g/mol. The van der Waals surface area contributed by atoms with Gasteiger partial charge in [0.05, 0.1) is 22.1 Å². The Labute approximate surface area is 268 Å². The van der Waals surface area contributed by atoms with E-state index in [0.717, 1.165) is 20.9 Å². The van der Waals surface area contributed by atoms with E-state index >= 15 is 0 Å². The van der Waals surface area contributed by atoms with Gasteiger partial charge in [0.1, 0.15) is 5.57 Å². The van der Waals surface area contributed by atoms with Crippen LogP contribution in [0.25, 0.3) is 6.08 Å². The van der Waals surface area contributed by atoms with Crippen LogP contribution in [-0.4, -0.2) is 37.5 Å². The topological polar surface area (TPSA) is 105 Å². The van der Waals surface area contributed by atoms with E-state index in [-0.39, 0.29) is 18.1 Å². The first-order valence-corrected chi connectivity index (χ1v) is 14.7. The van der Waals surface area contributed by atoms with Crippen molar-refractivity contribution in [2.24, 2.45) is 0 Å².